The highest BCUT2D eigenvalue weighted by atomic mass is 16.4. The number of aromatic hydroxyl groups is 1. The minimum absolute atomic E-state index is 0.00327. The van der Waals surface area contributed by atoms with Crippen LogP contribution in [0.3, 0.4) is 0 Å². The molecule has 1 heterocycles. The maximum Gasteiger partial charge on any atom is 0.325 e. The van der Waals surface area contributed by atoms with Gasteiger partial charge < -0.3 is 10.2 Å². The largest absolute Gasteiger partial charge is 0.508 e. The molecule has 0 bridgehead atoms. The van der Waals surface area contributed by atoms with Gasteiger partial charge in [-0.25, -0.2) is 0 Å². The van der Waals surface area contributed by atoms with Crippen LogP contribution >= 0.6 is 0 Å². The number of phenols is 1. The Kier molecular flexibility index (Phi) is 2.21. The summed E-state index contributed by atoms with van der Waals surface area (Å²) in [6.07, 6.45) is 0. The Labute approximate surface area is 90.0 Å². The van der Waals surface area contributed by atoms with Crippen LogP contribution in [0.25, 0.3) is 10.9 Å². The fraction of sp³-hybridized carbons (Fsp3) is 0.100. The SMILES string of the molecule is N#Cc1nn(CC(=O)O)c2cc(O)ccc12. The number of benzene rings is 1. The smallest absolute Gasteiger partial charge is 0.325 e. The lowest BCUT2D eigenvalue weighted by atomic mass is 10.2. The maximum absolute atomic E-state index is 10.6. The second kappa shape index (κ2) is 3.55. The summed E-state index contributed by atoms with van der Waals surface area (Å²) in [5.74, 6) is -1.05. The number of aliphatic carboxylic acids is 1. The van der Waals surface area contributed by atoms with Crippen LogP contribution in [0.5, 0.6) is 5.75 Å². The minimum Gasteiger partial charge on any atom is -0.508 e. The molecule has 16 heavy (non-hydrogen) atoms. The Balaban J connectivity index is 2.70. The summed E-state index contributed by atoms with van der Waals surface area (Å²) in [4.78, 5) is 10.6. The van der Waals surface area contributed by atoms with Gasteiger partial charge in [0.2, 0.25) is 0 Å². The fourth-order valence-corrected chi connectivity index (χ4v) is 1.49. The molecule has 0 unspecified atom stereocenters. The first-order valence-electron chi connectivity index (χ1n) is 4.43. The molecular weight excluding hydrogens is 210 g/mol. The van der Waals surface area contributed by atoms with Gasteiger partial charge in [-0.2, -0.15) is 10.4 Å². The quantitative estimate of drug-likeness (QED) is 0.771. The van der Waals surface area contributed by atoms with Crippen molar-refractivity contribution in [1.29, 1.82) is 5.26 Å². The van der Waals surface area contributed by atoms with E-state index in [1.54, 1.807) is 0 Å². The van der Waals surface area contributed by atoms with E-state index >= 15 is 0 Å². The molecule has 0 saturated carbocycles. The molecule has 0 fully saturated rings. The maximum atomic E-state index is 10.6. The zero-order valence-electron chi connectivity index (χ0n) is 8.08. The second-order valence-electron chi connectivity index (χ2n) is 3.21. The lowest BCUT2D eigenvalue weighted by Crippen LogP contribution is -2.09. The molecule has 2 N–H and O–H groups in total. The first kappa shape index (κ1) is 9.98. The van der Waals surface area contributed by atoms with Crippen LogP contribution in [0.1, 0.15) is 5.69 Å². The van der Waals surface area contributed by atoms with E-state index in [0.717, 1.165) is 0 Å². The molecule has 1 aromatic heterocycles. The van der Waals surface area contributed by atoms with Crippen molar-refractivity contribution >= 4 is 16.9 Å². The van der Waals surface area contributed by atoms with E-state index in [4.69, 9.17) is 10.4 Å². The number of nitriles is 1. The van der Waals surface area contributed by atoms with Crippen LogP contribution in [-0.2, 0) is 11.3 Å². The first-order valence-corrected chi connectivity index (χ1v) is 4.43. The normalized spacial score (nSPS) is 10.2. The molecule has 0 aliphatic heterocycles. The summed E-state index contributed by atoms with van der Waals surface area (Å²) in [7, 11) is 0. The van der Waals surface area contributed by atoms with E-state index in [1.807, 2.05) is 6.07 Å². The predicted octanol–water partition coefficient (Wildman–Crippen LogP) is 0.698. The van der Waals surface area contributed by atoms with Crippen molar-refractivity contribution in [2.75, 3.05) is 0 Å². The lowest BCUT2D eigenvalue weighted by Gasteiger charge is -1.98. The molecule has 6 heteroatoms. The Bertz CT molecular complexity index is 610. The fourth-order valence-electron chi connectivity index (χ4n) is 1.49. The summed E-state index contributed by atoms with van der Waals surface area (Å²) in [6, 6.07) is 6.22. The number of nitrogens with zero attached hydrogens (tertiary/aromatic N) is 3. The van der Waals surface area contributed by atoms with Gasteiger partial charge in [0.1, 0.15) is 18.4 Å². The Morgan fingerprint density at radius 2 is 2.31 bits per heavy atom. The monoisotopic (exact) mass is 217 g/mol. The standard InChI is InChI=1S/C10H7N3O3/c11-4-8-7-2-1-6(14)3-9(7)13(12-8)5-10(15)16/h1-3,14H,5H2,(H,15,16). The number of carboxylic acids is 1. The van der Waals surface area contributed by atoms with Gasteiger partial charge in [-0.05, 0) is 12.1 Å². The van der Waals surface area contributed by atoms with Gasteiger partial charge in [-0.1, -0.05) is 0 Å². The molecular formula is C10H7N3O3. The number of carboxylic acid groups (broad SMARTS) is 1. The van der Waals surface area contributed by atoms with Gasteiger partial charge in [0.15, 0.2) is 5.69 Å². The third kappa shape index (κ3) is 1.54. The molecule has 0 aliphatic carbocycles. The van der Waals surface area contributed by atoms with Gasteiger partial charge in [0.25, 0.3) is 0 Å². The Hall–Kier alpha value is -2.55. The number of rotatable bonds is 2. The molecule has 80 valence electrons. The van der Waals surface area contributed by atoms with Crippen molar-refractivity contribution in [2.45, 2.75) is 6.54 Å². The van der Waals surface area contributed by atoms with Crippen molar-refractivity contribution in [1.82, 2.24) is 9.78 Å². The van der Waals surface area contributed by atoms with E-state index in [1.165, 1.54) is 22.9 Å². The average molecular weight is 217 g/mol. The lowest BCUT2D eigenvalue weighted by molar-refractivity contribution is -0.137. The van der Waals surface area contributed by atoms with Crippen molar-refractivity contribution in [3.8, 4) is 11.8 Å². The number of phenolic OH excluding ortho intramolecular Hbond substituents is 1. The van der Waals surface area contributed by atoms with Gasteiger partial charge in [-0.15, -0.1) is 0 Å². The van der Waals surface area contributed by atoms with Crippen LogP contribution in [0, 0.1) is 11.3 Å². The van der Waals surface area contributed by atoms with E-state index in [0.29, 0.717) is 10.9 Å². The Morgan fingerprint density at radius 1 is 1.56 bits per heavy atom. The molecule has 0 spiro atoms. The third-order valence-corrected chi connectivity index (χ3v) is 2.13. The first-order chi connectivity index (χ1) is 7.61. The van der Waals surface area contributed by atoms with Gasteiger partial charge >= 0.3 is 5.97 Å². The van der Waals surface area contributed by atoms with Crippen molar-refractivity contribution in [3.05, 3.63) is 23.9 Å². The molecule has 2 aromatic rings. The number of aromatic nitrogens is 2. The molecule has 0 atom stereocenters. The average Bonchev–Trinajstić information content (AvgIpc) is 2.55. The Morgan fingerprint density at radius 3 is 2.94 bits per heavy atom. The number of fused-ring (bicyclic) bond motifs is 1. The molecule has 2 rings (SSSR count). The third-order valence-electron chi connectivity index (χ3n) is 2.13. The number of hydrogen-bond acceptors (Lipinski definition) is 4. The number of carbonyl (C=O) groups is 1. The summed E-state index contributed by atoms with van der Waals surface area (Å²) in [5, 5.41) is 31.2. The highest BCUT2D eigenvalue weighted by Gasteiger charge is 2.12. The summed E-state index contributed by atoms with van der Waals surface area (Å²) < 4.78 is 1.18. The predicted molar refractivity (Wildman–Crippen MR) is 53.7 cm³/mol. The summed E-state index contributed by atoms with van der Waals surface area (Å²) in [5.41, 5.74) is 0.579. The highest BCUT2D eigenvalue weighted by molar-refractivity contribution is 5.86. The summed E-state index contributed by atoms with van der Waals surface area (Å²) in [6.45, 7) is -0.346. The van der Waals surface area contributed by atoms with Crippen molar-refractivity contribution < 1.29 is 15.0 Å². The van der Waals surface area contributed by atoms with Gasteiger partial charge in [-0.3, -0.25) is 9.48 Å². The van der Waals surface area contributed by atoms with E-state index < -0.39 is 5.97 Å². The van der Waals surface area contributed by atoms with Gasteiger partial charge in [0, 0.05) is 11.5 Å². The zero-order chi connectivity index (χ0) is 11.7. The van der Waals surface area contributed by atoms with Crippen LogP contribution in [-0.4, -0.2) is 26.0 Å². The van der Waals surface area contributed by atoms with Gasteiger partial charge in [0.05, 0.1) is 5.52 Å². The highest BCUT2D eigenvalue weighted by Crippen LogP contribution is 2.22. The topological polar surface area (TPSA) is 99.1 Å². The molecule has 6 nitrogen and oxygen atoms in total. The molecule has 0 saturated heterocycles. The molecule has 0 aliphatic rings. The van der Waals surface area contributed by atoms with E-state index in [2.05, 4.69) is 5.10 Å². The van der Waals surface area contributed by atoms with Crippen LogP contribution in [0.15, 0.2) is 18.2 Å². The molecule has 0 amide bonds. The van der Waals surface area contributed by atoms with Crippen LogP contribution in [0.2, 0.25) is 0 Å². The van der Waals surface area contributed by atoms with Crippen LogP contribution < -0.4 is 0 Å². The zero-order valence-corrected chi connectivity index (χ0v) is 8.08. The van der Waals surface area contributed by atoms with Crippen molar-refractivity contribution in [2.24, 2.45) is 0 Å². The van der Waals surface area contributed by atoms with Crippen molar-refractivity contribution in [3.63, 3.8) is 0 Å². The van der Waals surface area contributed by atoms with Crippen LogP contribution in [0.4, 0.5) is 0 Å². The molecule has 0 radical (unpaired) electrons. The molecule has 1 aromatic carbocycles. The second-order valence-corrected chi connectivity index (χ2v) is 3.21. The number of hydrogen-bond donors (Lipinski definition) is 2. The minimum atomic E-state index is -1.06. The van der Waals surface area contributed by atoms with E-state index in [-0.39, 0.29) is 18.0 Å². The van der Waals surface area contributed by atoms with E-state index in [9.17, 15) is 9.90 Å². The summed E-state index contributed by atoms with van der Waals surface area (Å²) >= 11 is 0.